The Labute approximate surface area is 177 Å². The average molecular weight is 447 g/mol. The van der Waals surface area contributed by atoms with Gasteiger partial charge in [0, 0.05) is 43.9 Å². The number of nitro benzene ring substituents is 1. The summed E-state index contributed by atoms with van der Waals surface area (Å²) in [6, 6.07) is 11.2. The Morgan fingerprint density at radius 2 is 1.84 bits per heavy atom. The van der Waals surface area contributed by atoms with Crippen molar-refractivity contribution in [3.05, 3.63) is 70.4 Å². The second kappa shape index (κ2) is 8.49. The maximum atomic E-state index is 13.9. The first-order valence-electron chi connectivity index (χ1n) is 9.39. The van der Waals surface area contributed by atoms with Gasteiger partial charge in [0.15, 0.2) is 0 Å². The number of non-ortho nitro benzene ring substituents is 1. The summed E-state index contributed by atoms with van der Waals surface area (Å²) in [6.45, 7) is 1.50. The number of aromatic nitrogens is 2. The van der Waals surface area contributed by atoms with Crippen LogP contribution in [-0.2, 0) is 16.6 Å². The topological polar surface area (TPSA) is 123 Å². The highest BCUT2D eigenvalue weighted by Gasteiger charge is 2.31. The minimum Gasteiger partial charge on any atom is -0.338 e. The smallest absolute Gasteiger partial charge is 0.270 e. The minimum atomic E-state index is -3.91. The van der Waals surface area contributed by atoms with Gasteiger partial charge in [-0.3, -0.25) is 15.0 Å². The molecule has 0 unspecified atom stereocenters. The van der Waals surface area contributed by atoms with E-state index in [4.69, 9.17) is 4.52 Å². The molecule has 2 aromatic carbocycles. The molecular formula is C19H18FN5O5S. The molecule has 3 aromatic rings. The van der Waals surface area contributed by atoms with E-state index >= 15 is 0 Å². The fourth-order valence-electron chi connectivity index (χ4n) is 3.31. The molecule has 0 N–H and O–H groups in total. The molecule has 12 heteroatoms. The summed E-state index contributed by atoms with van der Waals surface area (Å²) in [5.74, 6) is -0.226. The van der Waals surface area contributed by atoms with Crippen molar-refractivity contribution in [3.63, 3.8) is 0 Å². The van der Waals surface area contributed by atoms with Gasteiger partial charge in [-0.15, -0.1) is 0 Å². The quantitative estimate of drug-likeness (QED) is 0.417. The molecule has 0 spiro atoms. The Morgan fingerprint density at radius 3 is 2.55 bits per heavy atom. The third kappa shape index (κ3) is 4.45. The van der Waals surface area contributed by atoms with Crippen LogP contribution in [0, 0.1) is 15.9 Å². The van der Waals surface area contributed by atoms with Gasteiger partial charge in [-0.25, -0.2) is 12.8 Å². The molecule has 0 radical (unpaired) electrons. The molecular weight excluding hydrogens is 429 g/mol. The Bertz CT molecular complexity index is 1210. The highest BCUT2D eigenvalue weighted by molar-refractivity contribution is 7.89. The van der Waals surface area contributed by atoms with Gasteiger partial charge < -0.3 is 4.52 Å². The summed E-state index contributed by atoms with van der Waals surface area (Å²) in [5, 5.41) is 14.8. The number of halogens is 1. The molecule has 4 rings (SSSR count). The predicted molar refractivity (Wildman–Crippen MR) is 107 cm³/mol. The molecule has 0 aliphatic carbocycles. The predicted octanol–water partition coefficient (Wildman–Crippen LogP) is 2.29. The van der Waals surface area contributed by atoms with Gasteiger partial charge in [0.1, 0.15) is 10.7 Å². The highest BCUT2D eigenvalue weighted by Crippen LogP contribution is 2.23. The van der Waals surface area contributed by atoms with E-state index in [9.17, 15) is 22.9 Å². The molecule has 1 aliphatic rings. The lowest BCUT2D eigenvalue weighted by atomic mass is 10.2. The number of hydrogen-bond acceptors (Lipinski definition) is 8. The van der Waals surface area contributed by atoms with Crippen LogP contribution in [-0.4, -0.2) is 58.9 Å². The van der Waals surface area contributed by atoms with Gasteiger partial charge >= 0.3 is 0 Å². The molecule has 1 aromatic heterocycles. The van der Waals surface area contributed by atoms with E-state index in [2.05, 4.69) is 10.1 Å². The van der Waals surface area contributed by atoms with Crippen molar-refractivity contribution in [1.29, 1.82) is 0 Å². The summed E-state index contributed by atoms with van der Waals surface area (Å²) in [4.78, 5) is 16.3. The van der Waals surface area contributed by atoms with Crippen molar-refractivity contribution in [1.82, 2.24) is 19.3 Å². The van der Waals surface area contributed by atoms with E-state index in [0.29, 0.717) is 31.1 Å². The van der Waals surface area contributed by atoms with Crippen molar-refractivity contribution in [2.75, 3.05) is 26.2 Å². The molecule has 1 fully saturated rings. The molecule has 0 amide bonds. The second-order valence-electron chi connectivity index (χ2n) is 6.93. The van der Waals surface area contributed by atoms with Crippen molar-refractivity contribution >= 4 is 15.7 Å². The third-order valence-electron chi connectivity index (χ3n) is 4.93. The molecule has 10 nitrogen and oxygen atoms in total. The van der Waals surface area contributed by atoms with E-state index < -0.39 is 20.8 Å². The van der Waals surface area contributed by atoms with Crippen LogP contribution in [0.1, 0.15) is 5.89 Å². The third-order valence-corrected chi connectivity index (χ3v) is 6.86. The average Bonchev–Trinajstić information content (AvgIpc) is 3.23. The Hall–Kier alpha value is -3.22. The molecule has 0 atom stereocenters. The van der Waals surface area contributed by atoms with Gasteiger partial charge in [-0.2, -0.15) is 9.29 Å². The second-order valence-corrected chi connectivity index (χ2v) is 8.84. The molecule has 1 aliphatic heterocycles. The van der Waals surface area contributed by atoms with E-state index in [-0.39, 0.29) is 29.5 Å². The van der Waals surface area contributed by atoms with Gasteiger partial charge in [-0.1, -0.05) is 29.4 Å². The standard InChI is InChI=1S/C19H18FN5O5S/c20-16-6-1-2-7-17(16)31(28,29)24-10-8-23(9-11-24)13-18-21-19(22-30-18)14-4-3-5-15(12-14)25(26)27/h1-7,12H,8-11,13H2. The number of benzene rings is 2. The Kier molecular flexibility index (Phi) is 5.76. The first-order valence-corrected chi connectivity index (χ1v) is 10.8. The zero-order valence-corrected chi connectivity index (χ0v) is 17.0. The van der Waals surface area contributed by atoms with Crippen molar-refractivity contribution < 1.29 is 22.3 Å². The number of nitro groups is 1. The molecule has 0 saturated carbocycles. The molecule has 2 heterocycles. The van der Waals surface area contributed by atoms with Crippen molar-refractivity contribution in [3.8, 4) is 11.4 Å². The lowest BCUT2D eigenvalue weighted by Gasteiger charge is -2.33. The Morgan fingerprint density at radius 1 is 1.10 bits per heavy atom. The van der Waals surface area contributed by atoms with Crippen LogP contribution in [0.4, 0.5) is 10.1 Å². The SMILES string of the molecule is O=[N+]([O-])c1cccc(-c2noc(CN3CCN(S(=O)(=O)c4ccccc4F)CC3)n2)c1. The molecule has 0 bridgehead atoms. The fourth-order valence-corrected chi connectivity index (χ4v) is 4.79. The summed E-state index contributed by atoms with van der Waals surface area (Å²) < 4.78 is 45.8. The monoisotopic (exact) mass is 447 g/mol. The minimum absolute atomic E-state index is 0.0731. The first-order chi connectivity index (χ1) is 14.8. The van der Waals surface area contributed by atoms with E-state index in [1.165, 1.54) is 34.6 Å². The lowest BCUT2D eigenvalue weighted by Crippen LogP contribution is -2.48. The van der Waals surface area contributed by atoms with Gasteiger partial charge in [-0.05, 0) is 12.1 Å². The maximum absolute atomic E-state index is 13.9. The van der Waals surface area contributed by atoms with Crippen molar-refractivity contribution in [2.24, 2.45) is 0 Å². The number of nitrogens with zero attached hydrogens (tertiary/aromatic N) is 5. The Balaban J connectivity index is 1.39. The number of sulfonamides is 1. The molecule has 31 heavy (non-hydrogen) atoms. The lowest BCUT2D eigenvalue weighted by molar-refractivity contribution is -0.384. The van der Waals surface area contributed by atoms with Crippen LogP contribution in [0.2, 0.25) is 0 Å². The summed E-state index contributed by atoms with van der Waals surface area (Å²) in [5.41, 5.74) is 0.390. The fraction of sp³-hybridized carbons (Fsp3) is 0.263. The van der Waals surface area contributed by atoms with Crippen LogP contribution in [0.3, 0.4) is 0 Å². The normalized spacial score (nSPS) is 15.8. The van der Waals surface area contributed by atoms with E-state index in [1.54, 1.807) is 12.1 Å². The maximum Gasteiger partial charge on any atom is 0.270 e. The molecule has 1 saturated heterocycles. The van der Waals surface area contributed by atoms with Gasteiger partial charge in [0.05, 0.1) is 11.5 Å². The van der Waals surface area contributed by atoms with Gasteiger partial charge in [0.25, 0.3) is 5.69 Å². The van der Waals surface area contributed by atoms with Crippen LogP contribution in [0.5, 0.6) is 0 Å². The first kappa shape index (κ1) is 21.0. The summed E-state index contributed by atoms with van der Waals surface area (Å²) in [6.07, 6.45) is 0. The number of piperazine rings is 1. The highest BCUT2D eigenvalue weighted by atomic mass is 32.2. The van der Waals surface area contributed by atoms with E-state index in [1.807, 2.05) is 4.90 Å². The van der Waals surface area contributed by atoms with Crippen molar-refractivity contribution in [2.45, 2.75) is 11.4 Å². The summed E-state index contributed by atoms with van der Waals surface area (Å²) in [7, 11) is -3.91. The van der Waals surface area contributed by atoms with Crippen LogP contribution >= 0.6 is 0 Å². The number of rotatable bonds is 6. The van der Waals surface area contributed by atoms with Crippen LogP contribution in [0.15, 0.2) is 57.9 Å². The number of hydrogen-bond donors (Lipinski definition) is 0. The zero-order valence-electron chi connectivity index (χ0n) is 16.2. The van der Waals surface area contributed by atoms with Gasteiger partial charge in [0.2, 0.25) is 21.7 Å². The van der Waals surface area contributed by atoms with Crippen LogP contribution < -0.4 is 0 Å². The zero-order chi connectivity index (χ0) is 22.0. The van der Waals surface area contributed by atoms with Crippen LogP contribution in [0.25, 0.3) is 11.4 Å². The van der Waals surface area contributed by atoms with E-state index in [0.717, 1.165) is 6.07 Å². The largest absolute Gasteiger partial charge is 0.338 e. The molecule has 162 valence electrons. The summed E-state index contributed by atoms with van der Waals surface area (Å²) >= 11 is 0.